The number of halogens is 3. The number of carbonyl (C=O) groups excluding carboxylic acids is 1. The molecule has 0 aliphatic heterocycles. The number of nitrogens with one attached hydrogen (secondary N) is 1. The SMILES string of the molecule is NC1CCCC(CNC(=O)COCC(F)(F)F)C1. The van der Waals surface area contributed by atoms with Crippen molar-refractivity contribution in [1.82, 2.24) is 5.32 Å². The monoisotopic (exact) mass is 268 g/mol. The number of carbonyl (C=O) groups is 1. The van der Waals surface area contributed by atoms with E-state index in [0.717, 1.165) is 25.7 Å². The van der Waals surface area contributed by atoms with Crippen LogP contribution in [-0.4, -0.2) is 37.9 Å². The molecule has 0 heterocycles. The van der Waals surface area contributed by atoms with Gasteiger partial charge in [0.05, 0.1) is 0 Å². The van der Waals surface area contributed by atoms with Crippen molar-refractivity contribution in [2.75, 3.05) is 19.8 Å². The molecule has 0 bridgehead atoms. The summed E-state index contributed by atoms with van der Waals surface area (Å²) in [5.74, 6) is -0.196. The number of hydrogen-bond acceptors (Lipinski definition) is 3. The Bertz CT molecular complexity index is 272. The molecule has 1 aliphatic carbocycles. The van der Waals surface area contributed by atoms with Gasteiger partial charge in [-0.2, -0.15) is 13.2 Å². The molecule has 2 atom stereocenters. The van der Waals surface area contributed by atoms with Gasteiger partial charge in [0.25, 0.3) is 0 Å². The third-order valence-corrected chi connectivity index (χ3v) is 2.91. The van der Waals surface area contributed by atoms with Gasteiger partial charge in [-0.15, -0.1) is 0 Å². The predicted molar refractivity (Wildman–Crippen MR) is 59.8 cm³/mol. The van der Waals surface area contributed by atoms with Crippen LogP contribution in [0.4, 0.5) is 13.2 Å². The van der Waals surface area contributed by atoms with E-state index in [1.165, 1.54) is 0 Å². The zero-order valence-electron chi connectivity index (χ0n) is 10.1. The highest BCUT2D eigenvalue weighted by Gasteiger charge is 2.27. The number of alkyl halides is 3. The molecule has 0 spiro atoms. The molecule has 0 radical (unpaired) electrons. The maximum absolute atomic E-state index is 11.8. The van der Waals surface area contributed by atoms with Gasteiger partial charge in [0, 0.05) is 12.6 Å². The third-order valence-electron chi connectivity index (χ3n) is 2.91. The minimum absolute atomic E-state index is 0.169. The average molecular weight is 268 g/mol. The van der Waals surface area contributed by atoms with Crippen molar-refractivity contribution >= 4 is 5.91 Å². The van der Waals surface area contributed by atoms with Gasteiger partial charge in [0.1, 0.15) is 13.2 Å². The molecule has 2 unspecified atom stereocenters. The number of rotatable bonds is 5. The second-order valence-corrected chi connectivity index (χ2v) is 4.70. The van der Waals surface area contributed by atoms with Crippen molar-refractivity contribution in [3.63, 3.8) is 0 Å². The fourth-order valence-electron chi connectivity index (χ4n) is 2.09. The number of hydrogen-bond donors (Lipinski definition) is 2. The maximum atomic E-state index is 11.8. The quantitative estimate of drug-likeness (QED) is 0.787. The predicted octanol–water partition coefficient (Wildman–Crippen LogP) is 1.20. The molecule has 0 aromatic rings. The second-order valence-electron chi connectivity index (χ2n) is 4.70. The van der Waals surface area contributed by atoms with E-state index in [9.17, 15) is 18.0 Å². The van der Waals surface area contributed by atoms with Gasteiger partial charge in [-0.1, -0.05) is 6.42 Å². The smallest absolute Gasteiger partial charge is 0.362 e. The molecule has 18 heavy (non-hydrogen) atoms. The van der Waals surface area contributed by atoms with Crippen LogP contribution in [0.3, 0.4) is 0 Å². The van der Waals surface area contributed by atoms with Crippen LogP contribution in [0, 0.1) is 5.92 Å². The molecule has 1 amide bonds. The summed E-state index contributed by atoms with van der Waals surface area (Å²) in [4.78, 5) is 11.2. The highest BCUT2D eigenvalue weighted by atomic mass is 19.4. The fourth-order valence-corrected chi connectivity index (χ4v) is 2.09. The molecule has 0 aromatic heterocycles. The summed E-state index contributed by atoms with van der Waals surface area (Å²) in [7, 11) is 0. The Hall–Kier alpha value is -0.820. The van der Waals surface area contributed by atoms with Gasteiger partial charge in [-0.05, 0) is 25.2 Å². The number of nitrogens with two attached hydrogens (primary N) is 1. The molecule has 3 N–H and O–H groups in total. The Morgan fingerprint density at radius 3 is 2.72 bits per heavy atom. The van der Waals surface area contributed by atoms with Crippen LogP contribution in [0.15, 0.2) is 0 Å². The molecule has 1 rings (SSSR count). The fraction of sp³-hybridized carbons (Fsp3) is 0.909. The molecule has 0 aromatic carbocycles. The lowest BCUT2D eigenvalue weighted by molar-refractivity contribution is -0.175. The van der Waals surface area contributed by atoms with Gasteiger partial charge in [0.15, 0.2) is 0 Å². The molecule has 1 saturated carbocycles. The van der Waals surface area contributed by atoms with Crippen LogP contribution < -0.4 is 11.1 Å². The van der Waals surface area contributed by atoms with E-state index in [1.54, 1.807) is 0 Å². The van der Waals surface area contributed by atoms with Crippen molar-refractivity contribution < 1.29 is 22.7 Å². The summed E-state index contributed by atoms with van der Waals surface area (Å²) in [6.07, 6.45) is -0.511. The Kier molecular flexibility index (Phi) is 5.87. The van der Waals surface area contributed by atoms with E-state index in [-0.39, 0.29) is 6.04 Å². The minimum Gasteiger partial charge on any atom is -0.362 e. The average Bonchev–Trinajstić information content (AvgIpc) is 2.25. The lowest BCUT2D eigenvalue weighted by Gasteiger charge is -2.26. The second kappa shape index (κ2) is 6.94. The van der Waals surface area contributed by atoms with Gasteiger partial charge in [-0.25, -0.2) is 0 Å². The largest absolute Gasteiger partial charge is 0.411 e. The van der Waals surface area contributed by atoms with Gasteiger partial charge < -0.3 is 15.8 Å². The van der Waals surface area contributed by atoms with E-state index in [2.05, 4.69) is 10.1 Å². The summed E-state index contributed by atoms with van der Waals surface area (Å²) in [6, 6.07) is 0.169. The van der Waals surface area contributed by atoms with Gasteiger partial charge in [0.2, 0.25) is 5.91 Å². The van der Waals surface area contributed by atoms with Crippen LogP contribution in [0.5, 0.6) is 0 Å². The molecule has 0 saturated heterocycles. The Balaban J connectivity index is 2.09. The molecule has 4 nitrogen and oxygen atoms in total. The zero-order valence-corrected chi connectivity index (χ0v) is 10.1. The summed E-state index contributed by atoms with van der Waals surface area (Å²) in [5, 5.41) is 2.57. The van der Waals surface area contributed by atoms with E-state index >= 15 is 0 Å². The van der Waals surface area contributed by atoms with Crippen molar-refractivity contribution in [2.24, 2.45) is 11.7 Å². The Morgan fingerprint density at radius 2 is 2.11 bits per heavy atom. The molecule has 1 fully saturated rings. The number of ether oxygens (including phenoxy) is 1. The standard InChI is InChI=1S/C11H19F3N2O2/c12-11(13,14)7-18-6-10(17)16-5-8-2-1-3-9(15)4-8/h8-9H,1-7,15H2,(H,16,17). The van der Waals surface area contributed by atoms with Crippen molar-refractivity contribution in [1.29, 1.82) is 0 Å². The molecular weight excluding hydrogens is 249 g/mol. The van der Waals surface area contributed by atoms with Crippen LogP contribution in [0.25, 0.3) is 0 Å². The van der Waals surface area contributed by atoms with E-state index < -0.39 is 25.3 Å². The van der Waals surface area contributed by atoms with Crippen LogP contribution in [0.1, 0.15) is 25.7 Å². The van der Waals surface area contributed by atoms with Crippen LogP contribution in [-0.2, 0) is 9.53 Å². The summed E-state index contributed by atoms with van der Waals surface area (Å²) in [6.45, 7) is -1.49. The van der Waals surface area contributed by atoms with Crippen LogP contribution in [0.2, 0.25) is 0 Å². The maximum Gasteiger partial charge on any atom is 0.411 e. The van der Waals surface area contributed by atoms with E-state index in [4.69, 9.17) is 5.73 Å². The minimum atomic E-state index is -4.39. The summed E-state index contributed by atoms with van der Waals surface area (Å²) < 4.78 is 39.5. The molecular formula is C11H19F3N2O2. The first-order valence-corrected chi connectivity index (χ1v) is 6.03. The summed E-state index contributed by atoms with van der Waals surface area (Å²) >= 11 is 0. The van der Waals surface area contributed by atoms with Crippen molar-refractivity contribution in [2.45, 2.75) is 37.9 Å². The van der Waals surface area contributed by atoms with Gasteiger partial charge >= 0.3 is 6.18 Å². The summed E-state index contributed by atoms with van der Waals surface area (Å²) in [5.41, 5.74) is 5.80. The lowest BCUT2D eigenvalue weighted by Crippen LogP contribution is -2.37. The first kappa shape index (κ1) is 15.2. The number of amides is 1. The zero-order chi connectivity index (χ0) is 13.6. The third kappa shape index (κ3) is 6.80. The Labute approximate surface area is 104 Å². The van der Waals surface area contributed by atoms with E-state index in [0.29, 0.717) is 12.5 Å². The highest BCUT2D eigenvalue weighted by molar-refractivity contribution is 5.77. The molecule has 1 aliphatic rings. The first-order valence-electron chi connectivity index (χ1n) is 6.03. The topological polar surface area (TPSA) is 64.3 Å². The first-order chi connectivity index (χ1) is 8.37. The van der Waals surface area contributed by atoms with Crippen molar-refractivity contribution in [3.05, 3.63) is 0 Å². The molecule has 7 heteroatoms. The van der Waals surface area contributed by atoms with Crippen LogP contribution >= 0.6 is 0 Å². The van der Waals surface area contributed by atoms with Gasteiger partial charge in [-0.3, -0.25) is 4.79 Å². The Morgan fingerprint density at radius 1 is 1.39 bits per heavy atom. The van der Waals surface area contributed by atoms with E-state index in [1.807, 2.05) is 0 Å². The molecule has 106 valence electrons. The highest BCUT2D eigenvalue weighted by Crippen LogP contribution is 2.22. The normalized spacial score (nSPS) is 24.9. The van der Waals surface area contributed by atoms with Crippen molar-refractivity contribution in [3.8, 4) is 0 Å². The lowest BCUT2D eigenvalue weighted by atomic mass is 9.86.